The molecule has 0 spiro atoms. The molecule has 0 bridgehead atoms. The highest BCUT2D eigenvalue weighted by atomic mass is 19.1. The van der Waals surface area contributed by atoms with E-state index in [0.29, 0.717) is 12.2 Å². The molecule has 2 aromatic rings. The third-order valence-corrected chi connectivity index (χ3v) is 3.70. The number of aromatic nitrogens is 1. The average molecular weight is 271 g/mol. The summed E-state index contributed by atoms with van der Waals surface area (Å²) in [4.78, 5) is 0. The van der Waals surface area contributed by atoms with Gasteiger partial charge in [-0.05, 0) is 43.2 Å². The second kappa shape index (κ2) is 5.89. The minimum atomic E-state index is -0.223. The molecule has 104 valence electrons. The molecule has 0 saturated carbocycles. The van der Waals surface area contributed by atoms with Crippen molar-refractivity contribution in [2.45, 2.75) is 26.4 Å². The SMILES string of the molecule is Cc1c(CNC(C)c2cccc(F)c2)cc(C#N)n1C. The third-order valence-electron chi connectivity index (χ3n) is 3.70. The summed E-state index contributed by atoms with van der Waals surface area (Å²) < 4.78 is 15.1. The van der Waals surface area contributed by atoms with E-state index in [1.807, 2.05) is 37.6 Å². The van der Waals surface area contributed by atoms with Crippen LogP contribution in [0.2, 0.25) is 0 Å². The molecule has 20 heavy (non-hydrogen) atoms. The molecule has 0 aliphatic heterocycles. The van der Waals surface area contributed by atoms with Crippen LogP contribution in [0.3, 0.4) is 0 Å². The van der Waals surface area contributed by atoms with E-state index in [2.05, 4.69) is 11.4 Å². The fourth-order valence-electron chi connectivity index (χ4n) is 2.21. The molecular formula is C16H18FN3. The first-order chi connectivity index (χ1) is 9.52. The van der Waals surface area contributed by atoms with Crippen molar-refractivity contribution in [1.29, 1.82) is 5.26 Å². The zero-order chi connectivity index (χ0) is 14.7. The van der Waals surface area contributed by atoms with Crippen molar-refractivity contribution < 1.29 is 4.39 Å². The second-order valence-corrected chi connectivity index (χ2v) is 4.97. The summed E-state index contributed by atoms with van der Waals surface area (Å²) in [5, 5.41) is 12.4. The Labute approximate surface area is 118 Å². The van der Waals surface area contributed by atoms with Crippen LogP contribution >= 0.6 is 0 Å². The Morgan fingerprint density at radius 2 is 2.15 bits per heavy atom. The maximum Gasteiger partial charge on any atom is 0.123 e. The fraction of sp³-hybridized carbons (Fsp3) is 0.312. The molecule has 1 N–H and O–H groups in total. The van der Waals surface area contributed by atoms with Gasteiger partial charge in [0, 0.05) is 25.3 Å². The van der Waals surface area contributed by atoms with Gasteiger partial charge in [0.2, 0.25) is 0 Å². The van der Waals surface area contributed by atoms with Crippen LogP contribution in [-0.2, 0) is 13.6 Å². The van der Waals surface area contributed by atoms with E-state index in [4.69, 9.17) is 5.26 Å². The second-order valence-electron chi connectivity index (χ2n) is 4.97. The smallest absolute Gasteiger partial charge is 0.123 e. The normalized spacial score (nSPS) is 12.2. The Hall–Kier alpha value is -2.12. The van der Waals surface area contributed by atoms with E-state index in [9.17, 15) is 4.39 Å². The van der Waals surface area contributed by atoms with Crippen LogP contribution in [0, 0.1) is 24.1 Å². The number of halogens is 1. The largest absolute Gasteiger partial charge is 0.340 e. The van der Waals surface area contributed by atoms with Gasteiger partial charge in [-0.15, -0.1) is 0 Å². The van der Waals surface area contributed by atoms with E-state index < -0.39 is 0 Å². The molecule has 1 atom stereocenters. The van der Waals surface area contributed by atoms with Gasteiger partial charge in [0.25, 0.3) is 0 Å². The highest BCUT2D eigenvalue weighted by molar-refractivity contribution is 5.34. The van der Waals surface area contributed by atoms with Gasteiger partial charge in [-0.2, -0.15) is 5.26 Å². The number of nitriles is 1. The van der Waals surface area contributed by atoms with Crippen LogP contribution < -0.4 is 5.32 Å². The first-order valence-corrected chi connectivity index (χ1v) is 6.57. The molecule has 1 heterocycles. The van der Waals surface area contributed by atoms with Crippen molar-refractivity contribution in [1.82, 2.24) is 9.88 Å². The maximum absolute atomic E-state index is 13.2. The molecular weight excluding hydrogens is 253 g/mol. The predicted molar refractivity (Wildman–Crippen MR) is 76.5 cm³/mol. The number of nitrogens with zero attached hydrogens (tertiary/aromatic N) is 2. The third kappa shape index (κ3) is 2.89. The van der Waals surface area contributed by atoms with E-state index >= 15 is 0 Å². The zero-order valence-corrected chi connectivity index (χ0v) is 11.9. The fourth-order valence-corrected chi connectivity index (χ4v) is 2.21. The lowest BCUT2D eigenvalue weighted by Gasteiger charge is -2.14. The van der Waals surface area contributed by atoms with Gasteiger partial charge in [0.05, 0.1) is 0 Å². The van der Waals surface area contributed by atoms with Crippen molar-refractivity contribution in [3.8, 4) is 6.07 Å². The van der Waals surface area contributed by atoms with Gasteiger partial charge in [0.15, 0.2) is 0 Å². The van der Waals surface area contributed by atoms with Crippen molar-refractivity contribution in [2.75, 3.05) is 0 Å². The molecule has 0 amide bonds. The summed E-state index contributed by atoms with van der Waals surface area (Å²) in [6.45, 7) is 4.64. The first-order valence-electron chi connectivity index (χ1n) is 6.57. The van der Waals surface area contributed by atoms with Crippen LogP contribution in [0.5, 0.6) is 0 Å². The van der Waals surface area contributed by atoms with Gasteiger partial charge in [-0.3, -0.25) is 0 Å². The van der Waals surface area contributed by atoms with E-state index in [1.54, 1.807) is 6.07 Å². The number of hydrogen-bond donors (Lipinski definition) is 1. The van der Waals surface area contributed by atoms with Gasteiger partial charge in [-0.25, -0.2) is 4.39 Å². The summed E-state index contributed by atoms with van der Waals surface area (Å²) in [6.07, 6.45) is 0. The summed E-state index contributed by atoms with van der Waals surface area (Å²) in [5.41, 5.74) is 3.73. The zero-order valence-electron chi connectivity index (χ0n) is 11.9. The molecule has 0 saturated heterocycles. The lowest BCUT2D eigenvalue weighted by Crippen LogP contribution is -2.18. The Kier molecular flexibility index (Phi) is 4.21. The van der Waals surface area contributed by atoms with Crippen LogP contribution in [0.1, 0.15) is 35.5 Å². The van der Waals surface area contributed by atoms with Gasteiger partial charge in [0.1, 0.15) is 17.6 Å². The molecule has 3 nitrogen and oxygen atoms in total. The molecule has 2 rings (SSSR count). The highest BCUT2D eigenvalue weighted by Gasteiger charge is 2.11. The summed E-state index contributed by atoms with van der Waals surface area (Å²) in [7, 11) is 1.88. The van der Waals surface area contributed by atoms with Crippen molar-refractivity contribution in [3.05, 3.63) is 58.7 Å². The Bertz CT molecular complexity index is 652. The monoisotopic (exact) mass is 271 g/mol. The number of benzene rings is 1. The maximum atomic E-state index is 13.2. The molecule has 1 aromatic heterocycles. The summed E-state index contributed by atoms with van der Waals surface area (Å²) >= 11 is 0. The Morgan fingerprint density at radius 1 is 1.40 bits per heavy atom. The highest BCUT2D eigenvalue weighted by Crippen LogP contribution is 2.17. The number of hydrogen-bond acceptors (Lipinski definition) is 2. The lowest BCUT2D eigenvalue weighted by atomic mass is 10.1. The standard InChI is InChI=1S/C16H18FN3/c1-11(13-5-4-6-15(17)7-13)19-10-14-8-16(9-18)20(3)12(14)2/h4-8,11,19H,10H2,1-3H3. The quantitative estimate of drug-likeness (QED) is 0.927. The van der Waals surface area contributed by atoms with Crippen molar-refractivity contribution >= 4 is 0 Å². The summed E-state index contributed by atoms with van der Waals surface area (Å²) in [6, 6.07) is 10.7. The molecule has 1 aromatic carbocycles. The minimum absolute atomic E-state index is 0.0517. The Balaban J connectivity index is 2.07. The molecule has 1 unspecified atom stereocenters. The van der Waals surface area contributed by atoms with Crippen LogP contribution in [0.15, 0.2) is 30.3 Å². The van der Waals surface area contributed by atoms with Crippen molar-refractivity contribution in [2.24, 2.45) is 7.05 Å². The Morgan fingerprint density at radius 3 is 2.75 bits per heavy atom. The van der Waals surface area contributed by atoms with Crippen LogP contribution in [0.25, 0.3) is 0 Å². The predicted octanol–water partition coefficient (Wildman–Crippen LogP) is 3.20. The van der Waals surface area contributed by atoms with Gasteiger partial charge < -0.3 is 9.88 Å². The van der Waals surface area contributed by atoms with Crippen LogP contribution in [0.4, 0.5) is 4.39 Å². The van der Waals surface area contributed by atoms with Gasteiger partial charge >= 0.3 is 0 Å². The number of rotatable bonds is 4. The summed E-state index contributed by atoms with van der Waals surface area (Å²) in [5.74, 6) is -0.223. The van der Waals surface area contributed by atoms with Crippen LogP contribution in [-0.4, -0.2) is 4.57 Å². The van der Waals surface area contributed by atoms with E-state index in [-0.39, 0.29) is 11.9 Å². The van der Waals surface area contributed by atoms with Gasteiger partial charge in [-0.1, -0.05) is 12.1 Å². The molecule has 0 radical (unpaired) electrons. The topological polar surface area (TPSA) is 40.8 Å². The van der Waals surface area contributed by atoms with E-state index in [1.165, 1.54) is 12.1 Å². The minimum Gasteiger partial charge on any atom is -0.340 e. The van der Waals surface area contributed by atoms with E-state index in [0.717, 1.165) is 16.8 Å². The first kappa shape index (κ1) is 14.3. The average Bonchev–Trinajstić information content (AvgIpc) is 2.72. The molecule has 4 heteroatoms. The molecule has 0 aliphatic carbocycles. The molecule has 0 fully saturated rings. The molecule has 0 aliphatic rings. The van der Waals surface area contributed by atoms with Crippen molar-refractivity contribution in [3.63, 3.8) is 0 Å². The lowest BCUT2D eigenvalue weighted by molar-refractivity contribution is 0.563. The number of nitrogens with one attached hydrogen (secondary N) is 1.